The van der Waals surface area contributed by atoms with Crippen molar-refractivity contribution in [2.75, 3.05) is 48.2 Å². The fourth-order valence-corrected chi connectivity index (χ4v) is 5.27. The number of rotatable bonds is 9. The molecule has 2 aliphatic heterocycles. The van der Waals surface area contributed by atoms with Crippen molar-refractivity contribution in [3.05, 3.63) is 68.8 Å². The largest absolute Gasteiger partial charge is 0.502 e. The van der Waals surface area contributed by atoms with Crippen molar-refractivity contribution in [3.63, 3.8) is 0 Å². The van der Waals surface area contributed by atoms with Crippen molar-refractivity contribution >= 4 is 5.97 Å². The molecule has 5 rings (SSSR count). The molecule has 218 valence electrons. The van der Waals surface area contributed by atoms with Crippen LogP contribution in [0, 0.1) is 0 Å². The minimum atomic E-state index is -0.862. The third kappa shape index (κ3) is 5.76. The highest BCUT2D eigenvalue weighted by atomic mass is 16.6. The van der Waals surface area contributed by atoms with E-state index in [2.05, 4.69) is 4.90 Å². The molecule has 11 nitrogen and oxygen atoms in total. The van der Waals surface area contributed by atoms with Crippen molar-refractivity contribution in [2.24, 2.45) is 0 Å². The van der Waals surface area contributed by atoms with Crippen LogP contribution in [0.25, 0.3) is 0 Å². The maximum atomic E-state index is 13.0. The highest BCUT2D eigenvalue weighted by molar-refractivity contribution is 5.71. The summed E-state index contributed by atoms with van der Waals surface area (Å²) in [6.45, 7) is 2.33. The van der Waals surface area contributed by atoms with E-state index in [1.54, 1.807) is 26.4 Å². The molecule has 41 heavy (non-hydrogen) atoms. The second-order valence-electron chi connectivity index (χ2n) is 9.81. The van der Waals surface area contributed by atoms with Crippen LogP contribution in [0.2, 0.25) is 0 Å². The smallest absolute Gasteiger partial charge is 0.306 e. The van der Waals surface area contributed by atoms with Gasteiger partial charge in [0.1, 0.15) is 19.0 Å². The number of carbonyl (C=O) groups excluding carboxylic acids is 1. The van der Waals surface area contributed by atoms with Crippen LogP contribution in [-0.4, -0.2) is 64.2 Å². The van der Waals surface area contributed by atoms with Crippen molar-refractivity contribution in [2.45, 2.75) is 31.8 Å². The molecule has 0 saturated carbocycles. The van der Waals surface area contributed by atoms with Gasteiger partial charge in [-0.3, -0.25) is 14.5 Å². The topological polar surface area (TPSA) is 126 Å². The van der Waals surface area contributed by atoms with Crippen LogP contribution in [0.1, 0.15) is 40.5 Å². The zero-order chi connectivity index (χ0) is 29.1. The van der Waals surface area contributed by atoms with E-state index in [9.17, 15) is 14.7 Å². The Labute approximate surface area is 237 Å². The minimum Gasteiger partial charge on any atom is -0.502 e. The van der Waals surface area contributed by atoms with Gasteiger partial charge in [-0.25, -0.2) is 0 Å². The Bertz CT molecular complexity index is 1480. The summed E-state index contributed by atoms with van der Waals surface area (Å²) in [5.41, 5.74) is 2.17. The molecule has 1 aromatic heterocycles. The summed E-state index contributed by atoms with van der Waals surface area (Å²) in [5, 5.41) is 10.9. The van der Waals surface area contributed by atoms with E-state index in [0.29, 0.717) is 72.9 Å². The Morgan fingerprint density at radius 1 is 0.951 bits per heavy atom. The van der Waals surface area contributed by atoms with E-state index in [4.69, 9.17) is 32.8 Å². The molecule has 11 heteroatoms. The predicted molar refractivity (Wildman–Crippen MR) is 146 cm³/mol. The fourth-order valence-electron chi connectivity index (χ4n) is 5.27. The van der Waals surface area contributed by atoms with Gasteiger partial charge >= 0.3 is 5.97 Å². The van der Waals surface area contributed by atoms with Gasteiger partial charge in [0.2, 0.25) is 16.9 Å². The Morgan fingerprint density at radius 2 is 1.66 bits per heavy atom. The molecule has 1 atom stereocenters. The molecule has 0 fully saturated rings. The Hall–Kier alpha value is -4.38. The van der Waals surface area contributed by atoms with E-state index >= 15 is 0 Å². The minimum absolute atomic E-state index is 0.0413. The van der Waals surface area contributed by atoms with Gasteiger partial charge in [-0.15, -0.1) is 0 Å². The first-order valence-electron chi connectivity index (χ1n) is 13.2. The molecule has 3 aromatic rings. The number of hydrogen-bond donors (Lipinski definition) is 1. The highest BCUT2D eigenvalue weighted by Gasteiger charge is 2.30. The first-order chi connectivity index (χ1) is 19.8. The summed E-state index contributed by atoms with van der Waals surface area (Å²) in [7, 11) is 5.97. The Balaban J connectivity index is 1.49. The van der Waals surface area contributed by atoms with E-state index in [1.165, 1.54) is 20.3 Å². The summed E-state index contributed by atoms with van der Waals surface area (Å²) in [5.74, 6) is 0.921. The van der Waals surface area contributed by atoms with Gasteiger partial charge in [-0.05, 0) is 47.4 Å². The summed E-state index contributed by atoms with van der Waals surface area (Å²) in [4.78, 5) is 27.6. The van der Waals surface area contributed by atoms with Gasteiger partial charge in [0.25, 0.3) is 0 Å². The highest BCUT2D eigenvalue weighted by Crippen LogP contribution is 2.45. The molecule has 3 heterocycles. The van der Waals surface area contributed by atoms with Crippen LogP contribution in [0.5, 0.6) is 34.5 Å². The third-order valence-corrected chi connectivity index (χ3v) is 7.34. The van der Waals surface area contributed by atoms with Crippen LogP contribution in [0.15, 0.2) is 39.5 Å². The monoisotopic (exact) mass is 567 g/mol. The lowest BCUT2D eigenvalue weighted by Gasteiger charge is -2.29. The molecule has 2 aliphatic rings. The van der Waals surface area contributed by atoms with Crippen LogP contribution in [0.3, 0.4) is 0 Å². The lowest BCUT2D eigenvalue weighted by molar-refractivity contribution is -0.140. The second-order valence-corrected chi connectivity index (χ2v) is 9.81. The number of esters is 1. The summed E-state index contributed by atoms with van der Waals surface area (Å²) >= 11 is 0. The number of hydrogen-bond acceptors (Lipinski definition) is 11. The van der Waals surface area contributed by atoms with Crippen molar-refractivity contribution in [3.8, 4) is 34.5 Å². The molecule has 0 aliphatic carbocycles. The van der Waals surface area contributed by atoms with Gasteiger partial charge in [0.05, 0.1) is 47.3 Å². The molecule has 0 radical (unpaired) electrons. The molecule has 0 saturated heterocycles. The number of methoxy groups -OCH3 is 4. The number of aromatic hydroxyl groups is 1. The van der Waals surface area contributed by atoms with E-state index in [1.807, 2.05) is 12.1 Å². The molecule has 0 amide bonds. The van der Waals surface area contributed by atoms with Gasteiger partial charge in [-0.1, -0.05) is 0 Å². The summed E-state index contributed by atoms with van der Waals surface area (Å²) in [6.07, 6.45) is 0.574. The van der Waals surface area contributed by atoms with Crippen LogP contribution < -0.4 is 29.1 Å². The van der Waals surface area contributed by atoms with Crippen molar-refractivity contribution in [1.82, 2.24) is 4.90 Å². The number of benzene rings is 2. The first-order valence-corrected chi connectivity index (χ1v) is 13.2. The summed E-state index contributed by atoms with van der Waals surface area (Å²) < 4.78 is 39.0. The van der Waals surface area contributed by atoms with Crippen LogP contribution in [-0.2, 0) is 29.0 Å². The maximum Gasteiger partial charge on any atom is 0.306 e. The fraction of sp³-hybridized carbons (Fsp3) is 0.400. The van der Waals surface area contributed by atoms with Crippen molar-refractivity contribution < 1.29 is 42.7 Å². The van der Waals surface area contributed by atoms with Crippen molar-refractivity contribution in [1.29, 1.82) is 0 Å². The average molecular weight is 568 g/mol. The number of carbonyl (C=O) groups is 1. The SMILES string of the molecule is COC(=O)CC(c1cc(OC)c2c(c1)OCCO2)c1oc(CN2CCc3cc(OC)c(OC)cc3C2)cc(=O)c1O. The lowest BCUT2D eigenvalue weighted by Crippen LogP contribution is -2.30. The molecule has 0 bridgehead atoms. The third-order valence-electron chi connectivity index (χ3n) is 7.34. The van der Waals surface area contributed by atoms with Crippen LogP contribution >= 0.6 is 0 Å². The summed E-state index contributed by atoms with van der Waals surface area (Å²) in [6, 6.07) is 8.60. The van der Waals surface area contributed by atoms with Gasteiger partial charge in [-0.2, -0.15) is 0 Å². The Kier molecular flexibility index (Phi) is 8.25. The Morgan fingerprint density at radius 3 is 2.37 bits per heavy atom. The normalized spacial score (nSPS) is 15.0. The molecule has 1 N–H and O–H groups in total. The average Bonchev–Trinajstić information content (AvgIpc) is 3.00. The number of ether oxygens (including phenoxy) is 6. The van der Waals surface area contributed by atoms with Crippen LogP contribution in [0.4, 0.5) is 0 Å². The van der Waals surface area contributed by atoms with E-state index in [0.717, 1.165) is 17.5 Å². The molecule has 2 aromatic carbocycles. The maximum absolute atomic E-state index is 13.0. The quantitative estimate of drug-likeness (QED) is 0.382. The zero-order valence-corrected chi connectivity index (χ0v) is 23.5. The van der Waals surface area contributed by atoms with E-state index in [-0.39, 0.29) is 12.2 Å². The number of nitrogens with zero attached hydrogens (tertiary/aromatic N) is 1. The molecular weight excluding hydrogens is 534 g/mol. The standard InChI is InChI=1S/C30H33NO10/c1-35-23-9-17-5-6-31(15-19(17)12-24(23)36-2)16-20-13-22(32)28(34)29(41-20)21(14-27(33)38-4)18-10-25(37-3)30-26(11-18)39-7-8-40-30/h9-13,21,34H,5-8,14-16H2,1-4H3. The van der Waals surface area contributed by atoms with E-state index < -0.39 is 23.1 Å². The van der Waals surface area contributed by atoms with Gasteiger partial charge in [0, 0.05) is 19.2 Å². The lowest BCUT2D eigenvalue weighted by atomic mass is 9.91. The second kappa shape index (κ2) is 12.0. The van der Waals surface area contributed by atoms with Gasteiger partial charge in [0.15, 0.2) is 28.8 Å². The number of fused-ring (bicyclic) bond motifs is 2. The molecular formula is C30H33NO10. The first kappa shape index (κ1) is 28.2. The van der Waals surface area contributed by atoms with Gasteiger partial charge < -0.3 is 37.9 Å². The zero-order valence-electron chi connectivity index (χ0n) is 23.5. The molecule has 0 spiro atoms. The molecule has 1 unspecified atom stereocenters. The predicted octanol–water partition coefficient (Wildman–Crippen LogP) is 3.40.